The molecule has 0 heterocycles. The Hall–Kier alpha value is -0.860. The van der Waals surface area contributed by atoms with E-state index in [1.165, 1.54) is 12.0 Å². The Morgan fingerprint density at radius 2 is 1.81 bits per heavy atom. The van der Waals surface area contributed by atoms with E-state index in [0.717, 1.165) is 18.4 Å². The number of ether oxygens (including phenoxy) is 1. The maximum Gasteiger partial charge on any atom is 0.0684 e. The Kier molecular flexibility index (Phi) is 4.97. The third kappa shape index (κ3) is 3.06. The Balaban J connectivity index is 2.85. The highest BCUT2D eigenvalue weighted by Crippen LogP contribution is 2.23. The molecule has 0 bridgehead atoms. The summed E-state index contributed by atoms with van der Waals surface area (Å²) in [7, 11) is 1.70. The number of methoxy groups -OCH3 is 1. The van der Waals surface area contributed by atoms with Crippen molar-refractivity contribution in [1.82, 2.24) is 0 Å². The second-order valence-electron chi connectivity index (χ2n) is 4.39. The summed E-state index contributed by atoms with van der Waals surface area (Å²) in [6.07, 6.45) is 3.20. The summed E-state index contributed by atoms with van der Waals surface area (Å²) in [6.45, 7) is 4.85. The molecule has 1 unspecified atom stereocenters. The predicted octanol–water partition coefficient (Wildman–Crippen LogP) is 2.85. The van der Waals surface area contributed by atoms with E-state index in [2.05, 4.69) is 38.1 Å². The van der Waals surface area contributed by atoms with Gasteiger partial charge in [-0.3, -0.25) is 0 Å². The van der Waals surface area contributed by atoms with E-state index in [1.54, 1.807) is 7.11 Å². The van der Waals surface area contributed by atoms with Gasteiger partial charge in [0.1, 0.15) is 0 Å². The summed E-state index contributed by atoms with van der Waals surface area (Å²) in [6, 6.07) is 8.61. The molecule has 1 rings (SSSR count). The molecular formula is C14H23NO. The predicted molar refractivity (Wildman–Crippen MR) is 68.5 cm³/mol. The van der Waals surface area contributed by atoms with Crippen molar-refractivity contribution in [3.8, 4) is 0 Å². The number of aryl methyl sites for hydroxylation is 1. The van der Waals surface area contributed by atoms with Crippen LogP contribution in [-0.2, 0) is 16.7 Å². The zero-order chi connectivity index (χ0) is 12.0. The van der Waals surface area contributed by atoms with Crippen LogP contribution in [0, 0.1) is 0 Å². The molecule has 0 aliphatic rings. The van der Waals surface area contributed by atoms with Gasteiger partial charge < -0.3 is 10.5 Å². The first-order valence-corrected chi connectivity index (χ1v) is 6.03. The molecule has 2 nitrogen and oxygen atoms in total. The lowest BCUT2D eigenvalue weighted by Crippen LogP contribution is -2.40. The minimum absolute atomic E-state index is 0.348. The quantitative estimate of drug-likeness (QED) is 0.801. The third-order valence-corrected chi connectivity index (χ3v) is 3.10. The van der Waals surface area contributed by atoms with Crippen LogP contribution in [0.4, 0.5) is 0 Å². The van der Waals surface area contributed by atoms with Crippen LogP contribution in [0.3, 0.4) is 0 Å². The van der Waals surface area contributed by atoms with Gasteiger partial charge >= 0.3 is 0 Å². The van der Waals surface area contributed by atoms with Gasteiger partial charge in [0.25, 0.3) is 0 Å². The maximum absolute atomic E-state index is 6.33. The molecule has 0 aliphatic carbocycles. The van der Waals surface area contributed by atoms with Gasteiger partial charge in [0.05, 0.1) is 12.1 Å². The average molecular weight is 221 g/mol. The number of hydrogen-bond acceptors (Lipinski definition) is 2. The zero-order valence-corrected chi connectivity index (χ0v) is 10.6. The summed E-state index contributed by atoms with van der Waals surface area (Å²) in [5.41, 5.74) is 8.52. The van der Waals surface area contributed by atoms with Gasteiger partial charge in [-0.1, -0.05) is 44.5 Å². The Morgan fingerprint density at radius 3 is 2.25 bits per heavy atom. The summed E-state index contributed by atoms with van der Waals surface area (Å²) >= 11 is 0. The third-order valence-electron chi connectivity index (χ3n) is 3.10. The molecule has 0 aliphatic heterocycles. The number of nitrogens with two attached hydrogens (primary N) is 1. The fourth-order valence-electron chi connectivity index (χ4n) is 1.94. The van der Waals surface area contributed by atoms with E-state index in [1.807, 2.05) is 0 Å². The summed E-state index contributed by atoms with van der Waals surface area (Å²) < 4.78 is 5.21. The largest absolute Gasteiger partial charge is 0.382 e. The maximum atomic E-state index is 6.33. The highest BCUT2D eigenvalue weighted by atomic mass is 16.5. The molecule has 90 valence electrons. The van der Waals surface area contributed by atoms with Crippen LogP contribution in [0.15, 0.2) is 24.3 Å². The van der Waals surface area contributed by atoms with E-state index in [-0.39, 0.29) is 5.54 Å². The number of benzene rings is 1. The van der Waals surface area contributed by atoms with Crippen molar-refractivity contribution in [1.29, 1.82) is 0 Å². The average Bonchev–Trinajstić information content (AvgIpc) is 2.30. The van der Waals surface area contributed by atoms with E-state index in [9.17, 15) is 0 Å². The van der Waals surface area contributed by atoms with Crippen molar-refractivity contribution in [2.75, 3.05) is 13.7 Å². The fraction of sp³-hybridized carbons (Fsp3) is 0.571. The first-order chi connectivity index (χ1) is 7.66. The van der Waals surface area contributed by atoms with Gasteiger partial charge in [0.2, 0.25) is 0 Å². The highest BCUT2D eigenvalue weighted by molar-refractivity contribution is 5.28. The van der Waals surface area contributed by atoms with Crippen molar-refractivity contribution in [2.24, 2.45) is 5.73 Å². The van der Waals surface area contributed by atoms with Gasteiger partial charge in [-0.15, -0.1) is 0 Å². The molecule has 16 heavy (non-hydrogen) atoms. The van der Waals surface area contributed by atoms with Crippen molar-refractivity contribution in [2.45, 2.75) is 38.6 Å². The molecule has 2 heteroatoms. The molecule has 1 aromatic carbocycles. The molecular weight excluding hydrogens is 198 g/mol. The zero-order valence-electron chi connectivity index (χ0n) is 10.6. The normalized spacial score (nSPS) is 14.8. The molecule has 0 aromatic heterocycles. The number of rotatable bonds is 6. The fourth-order valence-corrected chi connectivity index (χ4v) is 1.94. The smallest absolute Gasteiger partial charge is 0.0684 e. The topological polar surface area (TPSA) is 35.2 Å². The molecule has 0 amide bonds. The molecule has 0 saturated carbocycles. The second kappa shape index (κ2) is 6.02. The van der Waals surface area contributed by atoms with E-state index >= 15 is 0 Å². The lowest BCUT2D eigenvalue weighted by Gasteiger charge is -2.28. The van der Waals surface area contributed by atoms with E-state index in [4.69, 9.17) is 10.5 Å². The van der Waals surface area contributed by atoms with Crippen LogP contribution in [-0.4, -0.2) is 13.7 Å². The van der Waals surface area contributed by atoms with Crippen molar-refractivity contribution in [3.05, 3.63) is 35.4 Å². The summed E-state index contributed by atoms with van der Waals surface area (Å²) in [4.78, 5) is 0. The minimum Gasteiger partial charge on any atom is -0.382 e. The molecule has 2 N–H and O–H groups in total. The standard InChI is InChI=1S/C14H23NO/c1-4-6-12-7-9-13(10-8-12)14(15,5-2)11-16-3/h7-10H,4-6,11,15H2,1-3H3. The van der Waals surface area contributed by atoms with Crippen molar-refractivity contribution in [3.63, 3.8) is 0 Å². The van der Waals surface area contributed by atoms with Crippen LogP contribution in [0.1, 0.15) is 37.8 Å². The van der Waals surface area contributed by atoms with Crippen LogP contribution in [0.2, 0.25) is 0 Å². The highest BCUT2D eigenvalue weighted by Gasteiger charge is 2.24. The molecule has 0 radical (unpaired) electrons. The first-order valence-electron chi connectivity index (χ1n) is 6.03. The van der Waals surface area contributed by atoms with E-state index in [0.29, 0.717) is 6.61 Å². The lowest BCUT2D eigenvalue weighted by molar-refractivity contribution is 0.129. The minimum atomic E-state index is -0.348. The van der Waals surface area contributed by atoms with Gasteiger partial charge in [0, 0.05) is 7.11 Å². The van der Waals surface area contributed by atoms with Crippen molar-refractivity contribution < 1.29 is 4.74 Å². The second-order valence-corrected chi connectivity index (χ2v) is 4.39. The van der Waals surface area contributed by atoms with Gasteiger partial charge in [-0.25, -0.2) is 0 Å². The summed E-state index contributed by atoms with van der Waals surface area (Å²) in [5, 5.41) is 0. The number of hydrogen-bond donors (Lipinski definition) is 1. The Morgan fingerprint density at radius 1 is 1.19 bits per heavy atom. The molecule has 0 saturated heterocycles. The summed E-state index contributed by atoms with van der Waals surface area (Å²) in [5.74, 6) is 0. The van der Waals surface area contributed by atoms with Crippen LogP contribution in [0.25, 0.3) is 0 Å². The Labute approximate surface area is 98.8 Å². The van der Waals surface area contributed by atoms with Crippen molar-refractivity contribution >= 4 is 0 Å². The van der Waals surface area contributed by atoms with Crippen LogP contribution in [0.5, 0.6) is 0 Å². The Bertz CT molecular complexity index is 307. The van der Waals surface area contributed by atoms with Gasteiger partial charge in [-0.2, -0.15) is 0 Å². The monoisotopic (exact) mass is 221 g/mol. The lowest BCUT2D eigenvalue weighted by atomic mass is 9.88. The molecule has 1 atom stereocenters. The SMILES string of the molecule is CCCc1ccc(C(N)(CC)COC)cc1. The van der Waals surface area contributed by atoms with Gasteiger partial charge in [-0.05, 0) is 24.0 Å². The van der Waals surface area contributed by atoms with Crippen LogP contribution >= 0.6 is 0 Å². The van der Waals surface area contributed by atoms with E-state index < -0.39 is 0 Å². The van der Waals surface area contributed by atoms with Crippen LogP contribution < -0.4 is 5.73 Å². The molecule has 1 aromatic rings. The molecule has 0 spiro atoms. The molecule has 0 fully saturated rings. The first kappa shape index (κ1) is 13.2. The van der Waals surface area contributed by atoms with Gasteiger partial charge in [0.15, 0.2) is 0 Å².